The van der Waals surface area contributed by atoms with Crippen LogP contribution in [-0.4, -0.2) is 93.5 Å². The second kappa shape index (κ2) is 9.26. The molecule has 0 atom stereocenters. The fourth-order valence-corrected chi connectivity index (χ4v) is 4.48. The molecule has 0 heterocycles. The molecule has 0 fully saturated rings. The van der Waals surface area contributed by atoms with Gasteiger partial charge < -0.3 is 0 Å². The fraction of sp³-hybridized carbons (Fsp3) is 0. The Labute approximate surface area is 198 Å². The van der Waals surface area contributed by atoms with Crippen LogP contribution in [0.5, 0.6) is 0 Å². The van der Waals surface area contributed by atoms with E-state index in [4.69, 9.17) is 9.11 Å². The van der Waals surface area contributed by atoms with E-state index in [0.29, 0.717) is 36.4 Å². The minimum absolute atomic E-state index is 0. The topological polar surface area (TPSA) is 143 Å². The molecule has 2 rings (SSSR count). The van der Waals surface area contributed by atoms with Crippen LogP contribution in [0.1, 0.15) is 0 Å². The van der Waals surface area contributed by atoms with Crippen LogP contribution in [0.4, 0.5) is 8.78 Å². The van der Waals surface area contributed by atoms with Crippen LogP contribution in [0.2, 0.25) is 0 Å². The molecule has 27 heavy (non-hydrogen) atoms. The van der Waals surface area contributed by atoms with Gasteiger partial charge in [-0.05, 0) is 36.4 Å². The maximum Gasteiger partial charge on any atom is 0.297 e. The van der Waals surface area contributed by atoms with Gasteiger partial charge in [-0.25, -0.2) is 17.2 Å². The van der Waals surface area contributed by atoms with Crippen LogP contribution in [0.3, 0.4) is 0 Å². The van der Waals surface area contributed by atoms with E-state index in [1.807, 2.05) is 0 Å². The SMILES string of the molecule is O=S(=O)(O)c1cc(S(=O)(=O)c2ccc(F)c(S(=O)(=O)O)c2)ccc1F.[Na].[Na]. The molecule has 2 radical (unpaired) electrons. The van der Waals surface area contributed by atoms with E-state index in [1.165, 1.54) is 0 Å². The first kappa shape index (κ1) is 27.1. The van der Waals surface area contributed by atoms with Gasteiger partial charge in [0.25, 0.3) is 20.2 Å². The number of sulfone groups is 1. The molecule has 0 aliphatic heterocycles. The molecule has 0 unspecified atom stereocenters. The maximum absolute atomic E-state index is 13.4. The van der Waals surface area contributed by atoms with Crippen molar-refractivity contribution in [2.45, 2.75) is 19.6 Å². The predicted octanol–water partition coefficient (Wildman–Crippen LogP) is 0.529. The molecule has 0 saturated heterocycles. The number of benzene rings is 2. The number of hydrogen-bond donors (Lipinski definition) is 2. The third-order valence-electron chi connectivity index (χ3n) is 2.98. The van der Waals surface area contributed by atoms with Gasteiger partial charge in [-0.1, -0.05) is 0 Å². The Bertz CT molecular complexity index is 1090. The van der Waals surface area contributed by atoms with E-state index in [2.05, 4.69) is 0 Å². The zero-order valence-electron chi connectivity index (χ0n) is 13.8. The molecule has 0 aliphatic rings. The first-order valence-electron chi connectivity index (χ1n) is 6.04. The molecule has 2 aromatic rings. The smallest absolute Gasteiger partial charge is 0.282 e. The first-order chi connectivity index (χ1) is 11.2. The molecular formula is C12H8F2Na2O8S3. The van der Waals surface area contributed by atoms with Crippen LogP contribution < -0.4 is 0 Å². The average Bonchev–Trinajstić information content (AvgIpc) is 2.45. The van der Waals surface area contributed by atoms with Gasteiger partial charge in [-0.3, -0.25) is 9.11 Å². The van der Waals surface area contributed by atoms with Crippen molar-refractivity contribution in [2.75, 3.05) is 0 Å². The Morgan fingerprint density at radius 3 is 1.19 bits per heavy atom. The third kappa shape index (κ3) is 6.02. The Morgan fingerprint density at radius 2 is 0.926 bits per heavy atom. The Morgan fingerprint density at radius 1 is 0.630 bits per heavy atom. The van der Waals surface area contributed by atoms with Gasteiger partial charge in [0.15, 0.2) is 0 Å². The molecule has 0 spiro atoms. The van der Waals surface area contributed by atoms with Crippen molar-refractivity contribution in [3.05, 3.63) is 48.0 Å². The molecule has 0 aromatic heterocycles. The van der Waals surface area contributed by atoms with E-state index in [9.17, 15) is 34.0 Å². The molecule has 0 aliphatic carbocycles. The van der Waals surface area contributed by atoms with Crippen molar-refractivity contribution in [3.63, 3.8) is 0 Å². The van der Waals surface area contributed by atoms with Crippen molar-refractivity contribution < 1.29 is 43.1 Å². The minimum Gasteiger partial charge on any atom is -0.282 e. The van der Waals surface area contributed by atoms with E-state index in [0.717, 1.165) is 0 Å². The fourth-order valence-electron chi connectivity index (χ4n) is 1.83. The summed E-state index contributed by atoms with van der Waals surface area (Å²) in [5.41, 5.74) is 0. The van der Waals surface area contributed by atoms with Gasteiger partial charge in [-0.2, -0.15) is 16.8 Å². The monoisotopic (exact) mass is 460 g/mol. The first-order valence-corrected chi connectivity index (χ1v) is 10.4. The summed E-state index contributed by atoms with van der Waals surface area (Å²) in [6, 6.07) is 2.88. The van der Waals surface area contributed by atoms with Gasteiger partial charge in [0.05, 0.1) is 9.79 Å². The quantitative estimate of drug-likeness (QED) is 0.382. The third-order valence-corrected chi connectivity index (χ3v) is 6.47. The predicted molar refractivity (Wildman–Crippen MR) is 89.4 cm³/mol. The molecule has 0 amide bonds. The zero-order valence-corrected chi connectivity index (χ0v) is 20.2. The van der Waals surface area contributed by atoms with E-state index in [-0.39, 0.29) is 59.1 Å². The molecule has 138 valence electrons. The van der Waals surface area contributed by atoms with Gasteiger partial charge >= 0.3 is 0 Å². The average molecular weight is 460 g/mol. The van der Waals surface area contributed by atoms with E-state index in [1.54, 1.807) is 0 Å². The molecule has 0 saturated carbocycles. The molecule has 8 nitrogen and oxygen atoms in total. The summed E-state index contributed by atoms with van der Waals surface area (Å²) in [6.45, 7) is 0. The summed E-state index contributed by atoms with van der Waals surface area (Å²) in [5.74, 6) is -2.83. The summed E-state index contributed by atoms with van der Waals surface area (Å²) < 4.78 is 114. The van der Waals surface area contributed by atoms with Crippen molar-refractivity contribution in [3.8, 4) is 0 Å². The van der Waals surface area contributed by atoms with Crippen LogP contribution >= 0.6 is 0 Å². The Balaban J connectivity index is 0.00000338. The van der Waals surface area contributed by atoms with Gasteiger partial charge in [0, 0.05) is 59.1 Å². The van der Waals surface area contributed by atoms with Crippen LogP contribution in [0, 0.1) is 11.6 Å². The maximum atomic E-state index is 13.4. The molecular weight excluding hydrogens is 452 g/mol. The molecule has 0 bridgehead atoms. The van der Waals surface area contributed by atoms with E-state index >= 15 is 0 Å². The minimum atomic E-state index is -5.07. The number of halogens is 2. The summed E-state index contributed by atoms with van der Waals surface area (Å²) in [6.07, 6.45) is 0. The van der Waals surface area contributed by atoms with Gasteiger partial charge in [0.1, 0.15) is 21.4 Å². The van der Waals surface area contributed by atoms with Crippen LogP contribution in [0.15, 0.2) is 56.0 Å². The van der Waals surface area contributed by atoms with Gasteiger partial charge in [-0.15, -0.1) is 0 Å². The van der Waals surface area contributed by atoms with Crippen LogP contribution in [-0.2, 0) is 30.1 Å². The summed E-state index contributed by atoms with van der Waals surface area (Å²) in [4.78, 5) is -4.25. The second-order valence-corrected chi connectivity index (χ2v) is 9.37. The molecule has 2 aromatic carbocycles. The van der Waals surface area contributed by atoms with Crippen molar-refractivity contribution >= 4 is 89.2 Å². The Hall–Kier alpha value is 0.0700. The number of hydrogen-bond acceptors (Lipinski definition) is 6. The zero-order chi connectivity index (χ0) is 19.2. The van der Waals surface area contributed by atoms with E-state index < -0.39 is 61.3 Å². The number of rotatable bonds is 4. The normalized spacial score (nSPS) is 12.0. The Kier molecular flexibility index (Phi) is 9.28. The molecule has 2 N–H and O–H groups in total. The largest absolute Gasteiger partial charge is 0.297 e. The standard InChI is InChI=1S/C12H8F2O8S3.2Na/c13-9-3-1-7(5-11(9)24(17,18)19)23(15,16)8-2-4-10(14)12(6-8)25(20,21)22;;/h1-6H,(H,17,18,19)(H,20,21,22);;. The van der Waals surface area contributed by atoms with Gasteiger partial charge in [0.2, 0.25) is 9.84 Å². The second-order valence-electron chi connectivity index (χ2n) is 4.64. The summed E-state index contributed by atoms with van der Waals surface area (Å²) >= 11 is 0. The molecule has 15 heteroatoms. The van der Waals surface area contributed by atoms with Crippen molar-refractivity contribution in [2.24, 2.45) is 0 Å². The summed E-state index contributed by atoms with van der Waals surface area (Å²) in [5, 5.41) is 0. The van der Waals surface area contributed by atoms with Crippen LogP contribution in [0.25, 0.3) is 0 Å². The summed E-state index contributed by atoms with van der Waals surface area (Å²) in [7, 11) is -14.8. The van der Waals surface area contributed by atoms with Crippen molar-refractivity contribution in [1.29, 1.82) is 0 Å². The van der Waals surface area contributed by atoms with Crippen molar-refractivity contribution in [1.82, 2.24) is 0 Å².